The molecule has 1 rings (SSSR count). The summed E-state index contributed by atoms with van der Waals surface area (Å²) in [6, 6.07) is 5.95. The molecule has 1 atom stereocenters. The number of hydrogen-bond donors (Lipinski definition) is 0. The molecule has 0 aliphatic carbocycles. The second-order valence-corrected chi connectivity index (χ2v) is 2.48. The van der Waals surface area contributed by atoms with Gasteiger partial charge in [0.25, 0.3) is 0 Å². The smallest absolute Gasteiger partial charge is 0.127 e. The van der Waals surface area contributed by atoms with E-state index in [2.05, 4.69) is 0 Å². The minimum absolute atomic E-state index is 0.143. The molecule has 0 bridgehead atoms. The Morgan fingerprint density at radius 1 is 1.36 bits per heavy atom. The van der Waals surface area contributed by atoms with Crippen LogP contribution in [-0.4, -0.2) is 6.29 Å². The van der Waals surface area contributed by atoms with Crippen molar-refractivity contribution < 1.29 is 9.18 Å². The van der Waals surface area contributed by atoms with E-state index in [0.29, 0.717) is 0 Å². The van der Waals surface area contributed by atoms with Crippen molar-refractivity contribution >= 4 is 6.29 Å². The van der Waals surface area contributed by atoms with Crippen LogP contribution >= 0.6 is 0 Å². The number of carbonyl (C=O) groups is 1. The zero-order valence-electron chi connectivity index (χ0n) is 6.25. The summed E-state index contributed by atoms with van der Waals surface area (Å²) in [5.74, 6) is -0.414. The second kappa shape index (κ2) is 3.28. The van der Waals surface area contributed by atoms with Crippen LogP contribution in [-0.2, 0) is 4.79 Å². The van der Waals surface area contributed by atoms with Crippen LogP contribution in [0.5, 0.6) is 0 Å². The molecule has 0 amide bonds. The first-order valence-electron chi connectivity index (χ1n) is 3.45. The van der Waals surface area contributed by atoms with Crippen molar-refractivity contribution in [2.45, 2.75) is 12.8 Å². The van der Waals surface area contributed by atoms with E-state index in [0.717, 1.165) is 11.8 Å². The second-order valence-electron chi connectivity index (χ2n) is 2.48. The Bertz CT molecular complexity index is 240. The molecule has 1 nitrogen and oxygen atoms in total. The summed E-state index contributed by atoms with van der Waals surface area (Å²) in [6.45, 7) is 1.78. The lowest BCUT2D eigenvalue weighted by Gasteiger charge is -2.01. The Labute approximate surface area is 64.9 Å². The third kappa shape index (κ3) is 1.87. The van der Waals surface area contributed by atoms with Crippen LogP contribution in [0.2, 0.25) is 0 Å². The highest BCUT2D eigenvalue weighted by Gasteiger charge is 2.01. The van der Waals surface area contributed by atoms with Crippen LogP contribution in [0.15, 0.2) is 24.3 Å². The number of rotatable bonds is 2. The monoisotopic (exact) mass is 152 g/mol. The van der Waals surface area contributed by atoms with E-state index < -0.39 is 0 Å². The molecule has 0 aliphatic heterocycles. The van der Waals surface area contributed by atoms with Gasteiger partial charge in [-0.1, -0.05) is 19.1 Å². The van der Waals surface area contributed by atoms with E-state index in [9.17, 15) is 9.18 Å². The summed E-state index contributed by atoms with van der Waals surface area (Å²) in [7, 11) is 0. The maximum absolute atomic E-state index is 12.4. The van der Waals surface area contributed by atoms with Gasteiger partial charge in [-0.3, -0.25) is 0 Å². The summed E-state index contributed by atoms with van der Waals surface area (Å²) in [6.07, 6.45) is 0.841. The van der Waals surface area contributed by atoms with E-state index in [1.54, 1.807) is 19.1 Å². The van der Waals surface area contributed by atoms with Crippen LogP contribution in [0.25, 0.3) is 0 Å². The molecular weight excluding hydrogens is 143 g/mol. The van der Waals surface area contributed by atoms with Gasteiger partial charge < -0.3 is 4.79 Å². The fourth-order valence-electron chi connectivity index (χ4n) is 0.845. The topological polar surface area (TPSA) is 17.1 Å². The van der Waals surface area contributed by atoms with Crippen LogP contribution in [0.4, 0.5) is 4.39 Å². The number of halogens is 1. The maximum atomic E-state index is 12.4. The predicted molar refractivity (Wildman–Crippen MR) is 40.9 cm³/mol. The van der Waals surface area contributed by atoms with Gasteiger partial charge in [-0.15, -0.1) is 0 Å². The first-order chi connectivity index (χ1) is 5.24. The van der Waals surface area contributed by atoms with Gasteiger partial charge in [-0.2, -0.15) is 0 Å². The van der Waals surface area contributed by atoms with Gasteiger partial charge in [0, 0.05) is 5.92 Å². The molecule has 2 heteroatoms. The lowest BCUT2D eigenvalue weighted by Crippen LogP contribution is -1.93. The number of hydrogen-bond acceptors (Lipinski definition) is 1. The van der Waals surface area contributed by atoms with E-state index in [1.165, 1.54) is 12.1 Å². The Balaban J connectivity index is 2.89. The van der Waals surface area contributed by atoms with Crippen LogP contribution < -0.4 is 0 Å². The Morgan fingerprint density at radius 3 is 2.36 bits per heavy atom. The molecule has 0 aromatic heterocycles. The Morgan fingerprint density at radius 2 is 1.91 bits per heavy atom. The van der Waals surface area contributed by atoms with Gasteiger partial charge in [0.15, 0.2) is 0 Å². The summed E-state index contributed by atoms with van der Waals surface area (Å²) in [5, 5.41) is 0. The lowest BCUT2D eigenvalue weighted by molar-refractivity contribution is -0.108. The highest BCUT2D eigenvalue weighted by molar-refractivity contribution is 5.61. The zero-order valence-corrected chi connectivity index (χ0v) is 6.25. The quantitative estimate of drug-likeness (QED) is 0.593. The van der Waals surface area contributed by atoms with E-state index in [1.807, 2.05) is 0 Å². The Hall–Kier alpha value is -1.18. The molecule has 1 aromatic rings. The predicted octanol–water partition coefficient (Wildman–Crippen LogP) is 2.13. The lowest BCUT2D eigenvalue weighted by atomic mass is 10.0. The van der Waals surface area contributed by atoms with Gasteiger partial charge in [-0.25, -0.2) is 4.39 Å². The molecule has 0 radical (unpaired) electrons. The van der Waals surface area contributed by atoms with Crippen LogP contribution in [0.1, 0.15) is 18.4 Å². The third-order valence-corrected chi connectivity index (χ3v) is 1.60. The Kier molecular flexibility index (Phi) is 2.36. The molecule has 0 spiro atoms. The van der Waals surface area contributed by atoms with Gasteiger partial charge in [-0.05, 0) is 17.7 Å². The van der Waals surface area contributed by atoms with Crippen LogP contribution in [0.3, 0.4) is 0 Å². The summed E-state index contributed by atoms with van der Waals surface area (Å²) >= 11 is 0. The molecule has 58 valence electrons. The average molecular weight is 152 g/mol. The van der Waals surface area contributed by atoms with Gasteiger partial charge in [0.1, 0.15) is 12.1 Å². The zero-order chi connectivity index (χ0) is 8.27. The van der Waals surface area contributed by atoms with Crippen LogP contribution in [0, 0.1) is 5.82 Å². The molecule has 0 saturated heterocycles. The van der Waals surface area contributed by atoms with Crippen molar-refractivity contribution in [2.75, 3.05) is 0 Å². The van der Waals surface area contributed by atoms with Gasteiger partial charge in [0.2, 0.25) is 0 Å². The SMILES string of the molecule is C[C@@H](C=O)c1ccc(F)cc1. The number of benzene rings is 1. The fraction of sp³-hybridized carbons (Fsp3) is 0.222. The molecule has 0 unspecified atom stereocenters. The molecule has 0 saturated carbocycles. The van der Waals surface area contributed by atoms with E-state index >= 15 is 0 Å². The number of carbonyl (C=O) groups excluding carboxylic acids is 1. The third-order valence-electron chi connectivity index (χ3n) is 1.60. The van der Waals surface area contributed by atoms with Crippen molar-refractivity contribution in [3.63, 3.8) is 0 Å². The molecule has 1 aromatic carbocycles. The normalized spacial score (nSPS) is 12.5. The highest BCUT2D eigenvalue weighted by atomic mass is 19.1. The number of aldehydes is 1. The molecule has 11 heavy (non-hydrogen) atoms. The van der Waals surface area contributed by atoms with E-state index in [4.69, 9.17) is 0 Å². The summed E-state index contributed by atoms with van der Waals surface area (Å²) < 4.78 is 12.4. The van der Waals surface area contributed by atoms with Crippen molar-refractivity contribution in [3.05, 3.63) is 35.6 Å². The molecular formula is C9H9FO. The maximum Gasteiger partial charge on any atom is 0.127 e. The summed E-state index contributed by atoms with van der Waals surface area (Å²) in [5.41, 5.74) is 0.849. The van der Waals surface area contributed by atoms with Crippen molar-refractivity contribution in [1.82, 2.24) is 0 Å². The fourth-order valence-corrected chi connectivity index (χ4v) is 0.845. The minimum atomic E-state index is -0.271. The molecule has 0 aliphatic rings. The highest BCUT2D eigenvalue weighted by Crippen LogP contribution is 2.12. The molecule has 0 heterocycles. The average Bonchev–Trinajstić information content (AvgIpc) is 2.05. The van der Waals surface area contributed by atoms with Crippen molar-refractivity contribution in [2.24, 2.45) is 0 Å². The van der Waals surface area contributed by atoms with Gasteiger partial charge >= 0.3 is 0 Å². The van der Waals surface area contributed by atoms with Crippen molar-refractivity contribution in [1.29, 1.82) is 0 Å². The molecule has 0 fully saturated rings. The van der Waals surface area contributed by atoms with Gasteiger partial charge in [0.05, 0.1) is 0 Å². The van der Waals surface area contributed by atoms with Crippen molar-refractivity contribution in [3.8, 4) is 0 Å². The minimum Gasteiger partial charge on any atom is -0.303 e. The summed E-state index contributed by atoms with van der Waals surface area (Å²) in [4.78, 5) is 10.3. The largest absolute Gasteiger partial charge is 0.303 e. The first-order valence-corrected chi connectivity index (χ1v) is 3.45. The van der Waals surface area contributed by atoms with E-state index in [-0.39, 0.29) is 11.7 Å². The first kappa shape index (κ1) is 7.92. The standard InChI is InChI=1S/C9H9FO/c1-7(6-11)8-2-4-9(10)5-3-8/h2-7H,1H3/t7-/m0/s1. The molecule has 0 N–H and O–H groups in total.